The normalized spacial score (nSPS) is 12.6. The first kappa shape index (κ1) is 18.6. The number of nitrogens with one attached hydrogen (secondary N) is 2. The van der Waals surface area contributed by atoms with Crippen LogP contribution in [0.3, 0.4) is 0 Å². The van der Waals surface area contributed by atoms with Gasteiger partial charge in [-0.25, -0.2) is 9.78 Å². The van der Waals surface area contributed by atoms with Gasteiger partial charge < -0.3 is 21.1 Å². The fraction of sp³-hybridized carbons (Fsp3) is 0.615. The second-order valence-corrected chi connectivity index (χ2v) is 7.74. The Labute approximate surface area is 138 Å². The van der Waals surface area contributed by atoms with Crippen LogP contribution in [0.25, 0.3) is 0 Å². The number of aromatic nitrogens is 1. The number of ether oxygens (including phenoxy) is 1. The number of hydrogen-bond acceptors (Lipinski definition) is 7. The molecule has 9 heteroatoms. The maximum atomic E-state index is 12.1. The van der Waals surface area contributed by atoms with Crippen molar-refractivity contribution in [1.82, 2.24) is 15.6 Å². The minimum atomic E-state index is -0.556. The van der Waals surface area contributed by atoms with Crippen molar-refractivity contribution < 1.29 is 14.3 Å². The fourth-order valence-electron chi connectivity index (χ4n) is 1.46. The van der Waals surface area contributed by atoms with Crippen molar-refractivity contribution in [3.8, 4) is 0 Å². The predicted octanol–water partition coefficient (Wildman–Crippen LogP) is 2.09. The average Bonchev–Trinajstić information content (AvgIpc) is 2.76. The van der Waals surface area contributed by atoms with E-state index in [1.54, 1.807) is 27.7 Å². The highest BCUT2D eigenvalue weighted by Crippen LogP contribution is 2.27. The molecule has 1 aromatic rings. The van der Waals surface area contributed by atoms with Gasteiger partial charge in [0.15, 0.2) is 10.0 Å². The van der Waals surface area contributed by atoms with Gasteiger partial charge in [-0.05, 0) is 34.0 Å². The molecule has 4 N–H and O–H groups in total. The quantitative estimate of drug-likeness (QED) is 0.705. The number of alkyl carbamates (subject to hydrolysis) is 1. The third-order valence-corrected chi connectivity index (χ3v) is 4.22. The number of nitrogens with zero attached hydrogens (tertiary/aromatic N) is 1. The van der Waals surface area contributed by atoms with Gasteiger partial charge >= 0.3 is 6.09 Å². The molecule has 1 rings (SSSR count). The zero-order valence-corrected chi connectivity index (χ0v) is 15.0. The summed E-state index contributed by atoms with van der Waals surface area (Å²) < 4.78 is 5.86. The lowest BCUT2D eigenvalue weighted by atomic mass is 10.2. The van der Waals surface area contributed by atoms with Crippen LogP contribution in [0, 0.1) is 0 Å². The molecule has 0 saturated heterocycles. The Bertz CT molecular complexity index is 540. The number of nitrogen functional groups attached to an aromatic ring is 1. The summed E-state index contributed by atoms with van der Waals surface area (Å²) in [7, 11) is 0. The lowest BCUT2D eigenvalue weighted by Gasteiger charge is -2.21. The van der Waals surface area contributed by atoms with Crippen LogP contribution in [0.4, 0.5) is 9.80 Å². The molecule has 2 amide bonds. The van der Waals surface area contributed by atoms with E-state index in [1.807, 2.05) is 6.26 Å². The molecular formula is C13H22N4O3S2. The largest absolute Gasteiger partial charge is 0.444 e. The smallest absolute Gasteiger partial charge is 0.407 e. The molecular weight excluding hydrogens is 324 g/mol. The Hall–Kier alpha value is -1.48. The summed E-state index contributed by atoms with van der Waals surface area (Å²) in [6.07, 6.45) is 1.35. The van der Waals surface area contributed by atoms with Crippen LogP contribution in [-0.2, 0) is 4.74 Å². The summed E-state index contributed by atoms with van der Waals surface area (Å²) >= 11 is 2.71. The number of carbonyl (C=O) groups is 2. The van der Waals surface area contributed by atoms with Gasteiger partial charge in [-0.15, -0.1) is 0 Å². The number of hydrogen-bond donors (Lipinski definition) is 3. The molecule has 1 aromatic heterocycles. The van der Waals surface area contributed by atoms with Crippen molar-refractivity contribution in [3.05, 3.63) is 5.69 Å². The van der Waals surface area contributed by atoms with Gasteiger partial charge in [-0.1, -0.05) is 23.1 Å². The molecule has 0 fully saturated rings. The Kier molecular flexibility index (Phi) is 6.48. The van der Waals surface area contributed by atoms with Crippen molar-refractivity contribution in [3.63, 3.8) is 0 Å². The Morgan fingerprint density at radius 3 is 2.59 bits per heavy atom. The summed E-state index contributed by atoms with van der Waals surface area (Å²) in [6.45, 7) is 7.37. The molecule has 0 aliphatic heterocycles. The maximum absolute atomic E-state index is 12.1. The van der Waals surface area contributed by atoms with Gasteiger partial charge in [0, 0.05) is 12.6 Å². The molecule has 1 atom stereocenters. The van der Waals surface area contributed by atoms with E-state index in [9.17, 15) is 9.59 Å². The first-order chi connectivity index (χ1) is 10.1. The minimum absolute atomic E-state index is 0.221. The Morgan fingerprint density at radius 2 is 2.09 bits per heavy atom. The highest BCUT2D eigenvalue weighted by Gasteiger charge is 2.19. The van der Waals surface area contributed by atoms with Crippen molar-refractivity contribution in [2.24, 2.45) is 0 Å². The van der Waals surface area contributed by atoms with Crippen LogP contribution < -0.4 is 16.4 Å². The summed E-state index contributed by atoms with van der Waals surface area (Å²) in [5, 5.41) is 5.72. The van der Waals surface area contributed by atoms with Gasteiger partial charge in [0.25, 0.3) is 5.91 Å². The predicted molar refractivity (Wildman–Crippen MR) is 89.5 cm³/mol. The van der Waals surface area contributed by atoms with Crippen molar-refractivity contribution in [2.75, 3.05) is 18.5 Å². The van der Waals surface area contributed by atoms with Crippen molar-refractivity contribution >= 4 is 40.1 Å². The topological polar surface area (TPSA) is 106 Å². The number of thioether (sulfide) groups is 1. The van der Waals surface area contributed by atoms with Gasteiger partial charge in [0.2, 0.25) is 0 Å². The van der Waals surface area contributed by atoms with E-state index in [4.69, 9.17) is 10.5 Å². The van der Waals surface area contributed by atoms with E-state index in [0.717, 1.165) is 4.34 Å². The lowest BCUT2D eigenvalue weighted by Crippen LogP contribution is -2.43. The molecule has 1 unspecified atom stereocenters. The number of carbonyl (C=O) groups excluding carboxylic acids is 2. The standard InChI is InChI=1S/C13H22N4O3S2/c1-7(6-15-11(19)20-13(2,3)4)16-10(18)8-9(14)22-12(17-8)21-5/h7H,6,14H2,1-5H3,(H,15,19)(H,16,18). The van der Waals surface area contributed by atoms with Crippen molar-refractivity contribution in [1.29, 1.82) is 0 Å². The molecule has 124 valence electrons. The number of nitrogens with two attached hydrogens (primary N) is 1. The van der Waals surface area contributed by atoms with Gasteiger partial charge in [0.1, 0.15) is 10.6 Å². The van der Waals surface area contributed by atoms with Crippen LogP contribution in [-0.4, -0.2) is 41.4 Å². The van der Waals surface area contributed by atoms with Crippen LogP contribution >= 0.6 is 23.1 Å². The van der Waals surface area contributed by atoms with E-state index in [-0.39, 0.29) is 24.2 Å². The third kappa shape index (κ3) is 6.10. The van der Waals surface area contributed by atoms with Gasteiger partial charge in [0.05, 0.1) is 0 Å². The molecule has 0 aliphatic carbocycles. The average molecular weight is 346 g/mol. The minimum Gasteiger partial charge on any atom is -0.444 e. The van der Waals surface area contributed by atoms with Crippen LogP contribution in [0.2, 0.25) is 0 Å². The van der Waals surface area contributed by atoms with E-state index in [1.165, 1.54) is 23.1 Å². The lowest BCUT2D eigenvalue weighted by molar-refractivity contribution is 0.0521. The zero-order valence-electron chi connectivity index (χ0n) is 13.4. The highest BCUT2D eigenvalue weighted by atomic mass is 32.2. The molecule has 22 heavy (non-hydrogen) atoms. The fourth-order valence-corrected chi connectivity index (χ4v) is 2.80. The SMILES string of the molecule is CSc1nc(C(=O)NC(C)CNC(=O)OC(C)(C)C)c(N)s1. The molecule has 0 aliphatic rings. The molecule has 0 spiro atoms. The molecule has 0 radical (unpaired) electrons. The van der Waals surface area contributed by atoms with E-state index >= 15 is 0 Å². The van der Waals surface area contributed by atoms with E-state index in [0.29, 0.717) is 5.00 Å². The summed E-state index contributed by atoms with van der Waals surface area (Å²) in [6, 6.07) is -0.279. The van der Waals surface area contributed by atoms with Crippen LogP contribution in [0.1, 0.15) is 38.2 Å². The van der Waals surface area contributed by atoms with E-state index < -0.39 is 11.7 Å². The molecule has 0 aromatic carbocycles. The first-order valence-corrected chi connectivity index (χ1v) is 8.74. The Morgan fingerprint density at radius 1 is 1.45 bits per heavy atom. The van der Waals surface area contributed by atoms with Gasteiger partial charge in [-0.3, -0.25) is 4.79 Å². The number of thiazole rings is 1. The summed E-state index contributed by atoms with van der Waals surface area (Å²) in [5.41, 5.74) is 5.44. The van der Waals surface area contributed by atoms with Crippen LogP contribution in [0.15, 0.2) is 4.34 Å². The number of amides is 2. The summed E-state index contributed by atoms with van der Waals surface area (Å²) in [4.78, 5) is 27.8. The monoisotopic (exact) mass is 346 g/mol. The van der Waals surface area contributed by atoms with E-state index in [2.05, 4.69) is 15.6 Å². The third-order valence-electron chi connectivity index (χ3n) is 2.35. The highest BCUT2D eigenvalue weighted by molar-refractivity contribution is 8.00. The number of rotatable bonds is 5. The zero-order chi connectivity index (χ0) is 16.9. The second kappa shape index (κ2) is 7.68. The molecule has 0 saturated carbocycles. The first-order valence-electron chi connectivity index (χ1n) is 6.70. The molecule has 0 bridgehead atoms. The second-order valence-electron chi connectivity index (χ2n) is 5.65. The van der Waals surface area contributed by atoms with Gasteiger partial charge in [-0.2, -0.15) is 0 Å². The van der Waals surface area contributed by atoms with Crippen molar-refractivity contribution in [2.45, 2.75) is 43.7 Å². The number of anilines is 1. The van der Waals surface area contributed by atoms with Crippen LogP contribution in [0.5, 0.6) is 0 Å². The maximum Gasteiger partial charge on any atom is 0.407 e. The summed E-state index contributed by atoms with van der Waals surface area (Å²) in [5.74, 6) is -0.354. The Balaban J connectivity index is 2.47. The molecule has 7 nitrogen and oxygen atoms in total. The molecule has 1 heterocycles.